The summed E-state index contributed by atoms with van der Waals surface area (Å²) < 4.78 is 0. The molecule has 4 atom stereocenters. The topological polar surface area (TPSA) is 0 Å². The first kappa shape index (κ1) is 16.2. The summed E-state index contributed by atoms with van der Waals surface area (Å²) in [4.78, 5) is 1.52. The van der Waals surface area contributed by atoms with Crippen molar-refractivity contribution in [2.75, 3.05) is 0 Å². The number of hydrogen-bond acceptors (Lipinski definition) is 0. The van der Waals surface area contributed by atoms with Crippen LogP contribution in [0.15, 0.2) is 38.5 Å². The Morgan fingerprint density at radius 3 is 1.12 bits per heavy atom. The number of hydrogen-bond donors (Lipinski definition) is 0. The van der Waals surface area contributed by atoms with E-state index in [9.17, 15) is 0 Å². The van der Waals surface area contributed by atoms with E-state index in [0.717, 1.165) is 21.5 Å². The van der Waals surface area contributed by atoms with Gasteiger partial charge in [-0.15, -0.1) is 26.3 Å². The van der Waals surface area contributed by atoms with Gasteiger partial charge in [0, 0.05) is 9.65 Å². The van der Waals surface area contributed by atoms with Gasteiger partial charge >= 0.3 is 0 Å². The Hall–Kier alpha value is 0.180. The number of alkyl halides is 2. The maximum atomic E-state index is 3.73. The Kier molecular flexibility index (Phi) is 9.34. The fourth-order valence-electron chi connectivity index (χ4n) is 1.56. The molecule has 16 heavy (non-hydrogen) atoms. The molecule has 2 heteroatoms. The molecular formula is C14H22Br2. The van der Waals surface area contributed by atoms with E-state index in [1.807, 2.05) is 12.2 Å². The monoisotopic (exact) mass is 348 g/mol. The second kappa shape index (κ2) is 9.23. The molecule has 2 aliphatic carbocycles. The summed E-state index contributed by atoms with van der Waals surface area (Å²) in [5.74, 6) is 1.49. The molecule has 0 aliphatic heterocycles. The molecule has 0 N–H and O–H groups in total. The molecule has 0 aromatic heterocycles. The van der Waals surface area contributed by atoms with Crippen molar-refractivity contribution in [3.8, 4) is 0 Å². The second-order valence-electron chi connectivity index (χ2n) is 3.99. The molecule has 0 spiro atoms. The van der Waals surface area contributed by atoms with E-state index >= 15 is 0 Å². The van der Waals surface area contributed by atoms with Crippen LogP contribution in [0.1, 0.15) is 25.7 Å². The van der Waals surface area contributed by atoms with Crippen molar-refractivity contribution in [1.29, 1.82) is 0 Å². The van der Waals surface area contributed by atoms with Gasteiger partial charge in [-0.1, -0.05) is 44.0 Å². The van der Waals surface area contributed by atoms with E-state index in [2.05, 4.69) is 58.2 Å². The zero-order chi connectivity index (χ0) is 12.6. The van der Waals surface area contributed by atoms with Crippen LogP contribution >= 0.6 is 31.9 Å². The molecule has 0 amide bonds. The minimum Gasteiger partial charge on any atom is -0.106 e. The van der Waals surface area contributed by atoms with Crippen LogP contribution in [0.5, 0.6) is 0 Å². The van der Waals surface area contributed by atoms with E-state index < -0.39 is 0 Å². The first-order valence-electron chi connectivity index (χ1n) is 5.72. The van der Waals surface area contributed by atoms with Crippen LogP contribution in [-0.2, 0) is 0 Å². The summed E-state index contributed by atoms with van der Waals surface area (Å²) >= 11 is 6.96. The van der Waals surface area contributed by atoms with Crippen molar-refractivity contribution in [1.82, 2.24) is 0 Å². The van der Waals surface area contributed by atoms with Crippen molar-refractivity contribution in [2.24, 2.45) is 11.8 Å². The Morgan fingerprint density at radius 1 is 0.750 bits per heavy atom. The molecule has 0 aromatic carbocycles. The summed E-state index contributed by atoms with van der Waals surface area (Å²) in [6, 6.07) is 0. The lowest BCUT2D eigenvalue weighted by Crippen LogP contribution is -2.25. The zero-order valence-electron chi connectivity index (χ0n) is 9.88. The smallest absolute Gasteiger partial charge is 0.0271 e. The number of halogens is 2. The van der Waals surface area contributed by atoms with E-state index in [-0.39, 0.29) is 0 Å². The fraction of sp³-hybridized carbons (Fsp3) is 0.571. The molecule has 2 rings (SSSR count). The van der Waals surface area contributed by atoms with E-state index in [4.69, 9.17) is 0 Å². The molecule has 4 unspecified atom stereocenters. The van der Waals surface area contributed by atoms with E-state index in [0.29, 0.717) is 0 Å². The normalized spacial score (nSPS) is 34.9. The predicted octanol–water partition coefficient (Wildman–Crippen LogP) is 5.49. The van der Waals surface area contributed by atoms with Crippen LogP contribution in [0, 0.1) is 11.8 Å². The summed E-state index contributed by atoms with van der Waals surface area (Å²) in [5, 5.41) is 0. The zero-order valence-corrected chi connectivity index (χ0v) is 13.0. The van der Waals surface area contributed by atoms with Crippen LogP contribution in [0.4, 0.5) is 0 Å². The fourth-order valence-corrected chi connectivity index (χ4v) is 2.61. The number of allylic oxidation sites excluding steroid dienone is 2. The van der Waals surface area contributed by atoms with Crippen LogP contribution in [-0.4, -0.2) is 9.65 Å². The molecule has 0 bridgehead atoms. The van der Waals surface area contributed by atoms with Gasteiger partial charge in [-0.2, -0.15) is 0 Å². The summed E-state index contributed by atoms with van der Waals surface area (Å²) in [7, 11) is 0. The van der Waals surface area contributed by atoms with Gasteiger partial charge in [0.25, 0.3) is 0 Å². The molecule has 0 nitrogen and oxygen atoms in total. The van der Waals surface area contributed by atoms with Crippen molar-refractivity contribution in [2.45, 2.75) is 35.3 Å². The molecule has 2 fully saturated rings. The largest absolute Gasteiger partial charge is 0.106 e. The minimum atomic E-state index is 0.743. The quantitative estimate of drug-likeness (QED) is 0.456. The predicted molar refractivity (Wildman–Crippen MR) is 82.5 cm³/mol. The van der Waals surface area contributed by atoms with Crippen LogP contribution in [0.3, 0.4) is 0 Å². The average Bonchev–Trinajstić information content (AvgIpc) is 2.30. The lowest BCUT2D eigenvalue weighted by atomic mass is 9.74. The Balaban J connectivity index is 0.000000251. The third-order valence-electron chi connectivity index (χ3n) is 3.10. The summed E-state index contributed by atoms with van der Waals surface area (Å²) in [6.07, 6.45) is 9.40. The van der Waals surface area contributed by atoms with Crippen LogP contribution in [0.2, 0.25) is 0 Å². The second-order valence-corrected chi connectivity index (χ2v) is 6.34. The Labute approximate surface area is 117 Å². The molecule has 2 saturated carbocycles. The molecule has 0 heterocycles. The molecular weight excluding hydrogens is 328 g/mol. The Bertz CT molecular complexity index is 191. The highest BCUT2D eigenvalue weighted by Gasteiger charge is 2.25. The average molecular weight is 350 g/mol. The van der Waals surface area contributed by atoms with E-state index in [1.165, 1.54) is 25.7 Å². The highest BCUT2D eigenvalue weighted by Crippen LogP contribution is 2.35. The molecule has 2 aliphatic rings. The van der Waals surface area contributed by atoms with Crippen molar-refractivity contribution >= 4 is 31.9 Å². The van der Waals surface area contributed by atoms with Crippen molar-refractivity contribution in [3.63, 3.8) is 0 Å². The molecule has 0 radical (unpaired) electrons. The molecule has 0 aromatic rings. The Morgan fingerprint density at radius 2 is 1.06 bits per heavy atom. The van der Waals surface area contributed by atoms with Gasteiger partial charge in [0.1, 0.15) is 0 Å². The van der Waals surface area contributed by atoms with Crippen molar-refractivity contribution in [3.05, 3.63) is 38.5 Å². The van der Waals surface area contributed by atoms with Gasteiger partial charge < -0.3 is 0 Å². The van der Waals surface area contributed by atoms with Gasteiger partial charge in [0.05, 0.1) is 0 Å². The third-order valence-corrected chi connectivity index (χ3v) is 6.00. The first-order chi connectivity index (χ1) is 7.69. The van der Waals surface area contributed by atoms with Gasteiger partial charge in [0.15, 0.2) is 0 Å². The summed E-state index contributed by atoms with van der Waals surface area (Å²) in [5.41, 5.74) is 0. The summed E-state index contributed by atoms with van der Waals surface area (Å²) in [6.45, 7) is 13.5. The van der Waals surface area contributed by atoms with Crippen LogP contribution < -0.4 is 0 Å². The maximum absolute atomic E-state index is 3.73. The minimum absolute atomic E-state index is 0.743. The highest BCUT2D eigenvalue weighted by molar-refractivity contribution is 9.12. The van der Waals surface area contributed by atoms with Crippen LogP contribution in [0.25, 0.3) is 0 Å². The van der Waals surface area contributed by atoms with Gasteiger partial charge in [-0.05, 0) is 37.5 Å². The maximum Gasteiger partial charge on any atom is 0.0271 e. The standard InChI is InChI=1S/C8H12.C4H6Br2.C2H4/c1-3-7-5-6-8(7)4-2;5-3-1-2-4(3)6;1-2/h3-4,7-8H,1-2,5-6H2;3-4H,1-2H2;1-2H2. The number of rotatable bonds is 2. The lowest BCUT2D eigenvalue weighted by Gasteiger charge is -2.31. The van der Waals surface area contributed by atoms with E-state index in [1.54, 1.807) is 0 Å². The highest BCUT2D eigenvalue weighted by atomic mass is 79.9. The lowest BCUT2D eigenvalue weighted by molar-refractivity contribution is 0.287. The van der Waals surface area contributed by atoms with Crippen molar-refractivity contribution < 1.29 is 0 Å². The van der Waals surface area contributed by atoms with Gasteiger partial charge in [-0.25, -0.2) is 0 Å². The molecule has 0 saturated heterocycles. The first-order valence-corrected chi connectivity index (χ1v) is 7.55. The van der Waals surface area contributed by atoms with Gasteiger partial charge in [0.2, 0.25) is 0 Å². The van der Waals surface area contributed by atoms with Gasteiger partial charge in [-0.3, -0.25) is 0 Å². The molecule has 92 valence electrons. The SMILES string of the molecule is BrC1CCC1Br.C=C.C=CC1CCC1C=C. The third kappa shape index (κ3) is 5.01.